The fraction of sp³-hybridized carbons (Fsp3) is 0.538. The smallest absolute Gasteiger partial charge is 0.123 e. The van der Waals surface area contributed by atoms with Gasteiger partial charge in [0.25, 0.3) is 0 Å². The van der Waals surface area contributed by atoms with E-state index < -0.39 is 0 Å². The standard InChI is InChI=1S/C13H18FN/c1-10-6-7-11(14)9-12(10)13-5-3-2-4-8-15-13/h6-7,9,13,15H,2-5,8H2,1H3. The van der Waals surface area contributed by atoms with Crippen LogP contribution in [0.3, 0.4) is 0 Å². The SMILES string of the molecule is Cc1ccc(F)cc1C1CCCCCN1. The minimum absolute atomic E-state index is 0.123. The van der Waals surface area contributed by atoms with Crippen LogP contribution in [0, 0.1) is 12.7 Å². The van der Waals surface area contributed by atoms with E-state index in [1.165, 1.54) is 30.9 Å². The van der Waals surface area contributed by atoms with Crippen molar-refractivity contribution in [2.24, 2.45) is 0 Å². The van der Waals surface area contributed by atoms with Crippen LogP contribution >= 0.6 is 0 Å². The summed E-state index contributed by atoms with van der Waals surface area (Å²) in [5, 5.41) is 3.50. The van der Waals surface area contributed by atoms with Crippen LogP contribution in [0.2, 0.25) is 0 Å². The summed E-state index contributed by atoms with van der Waals surface area (Å²) in [5.41, 5.74) is 2.33. The lowest BCUT2D eigenvalue weighted by Crippen LogP contribution is -2.21. The molecule has 1 N–H and O–H groups in total. The van der Waals surface area contributed by atoms with Crippen molar-refractivity contribution in [3.8, 4) is 0 Å². The second-order valence-corrected chi connectivity index (χ2v) is 4.36. The van der Waals surface area contributed by atoms with Crippen LogP contribution in [0.4, 0.5) is 4.39 Å². The second kappa shape index (κ2) is 4.75. The first-order valence-corrected chi connectivity index (χ1v) is 5.77. The van der Waals surface area contributed by atoms with E-state index in [1.54, 1.807) is 6.07 Å². The molecule has 1 aliphatic heterocycles. The minimum atomic E-state index is -0.123. The van der Waals surface area contributed by atoms with E-state index in [4.69, 9.17) is 0 Å². The first kappa shape index (κ1) is 10.6. The number of nitrogens with one attached hydrogen (secondary N) is 1. The molecule has 0 saturated carbocycles. The molecule has 1 nitrogen and oxygen atoms in total. The van der Waals surface area contributed by atoms with E-state index in [-0.39, 0.29) is 5.82 Å². The molecule has 0 aromatic heterocycles. The van der Waals surface area contributed by atoms with E-state index in [2.05, 4.69) is 12.2 Å². The van der Waals surface area contributed by atoms with E-state index in [0.29, 0.717) is 6.04 Å². The Morgan fingerprint density at radius 2 is 2.13 bits per heavy atom. The van der Waals surface area contributed by atoms with Crippen LogP contribution in [0.25, 0.3) is 0 Å². The maximum absolute atomic E-state index is 13.2. The van der Waals surface area contributed by atoms with Crippen LogP contribution in [0.1, 0.15) is 42.9 Å². The fourth-order valence-electron chi connectivity index (χ4n) is 2.28. The number of hydrogen-bond acceptors (Lipinski definition) is 1. The van der Waals surface area contributed by atoms with Crippen LogP contribution < -0.4 is 5.32 Å². The summed E-state index contributed by atoms with van der Waals surface area (Å²) in [6.07, 6.45) is 4.90. The maximum Gasteiger partial charge on any atom is 0.123 e. The first-order valence-electron chi connectivity index (χ1n) is 5.77. The van der Waals surface area contributed by atoms with Crippen molar-refractivity contribution < 1.29 is 4.39 Å². The predicted molar refractivity (Wildman–Crippen MR) is 60.3 cm³/mol. The monoisotopic (exact) mass is 207 g/mol. The van der Waals surface area contributed by atoms with Crippen LogP contribution in [0.15, 0.2) is 18.2 Å². The molecule has 1 fully saturated rings. The van der Waals surface area contributed by atoms with Gasteiger partial charge in [-0.15, -0.1) is 0 Å². The van der Waals surface area contributed by atoms with Gasteiger partial charge in [0.1, 0.15) is 5.82 Å². The van der Waals surface area contributed by atoms with E-state index in [1.807, 2.05) is 6.07 Å². The lowest BCUT2D eigenvalue weighted by Gasteiger charge is -2.18. The van der Waals surface area contributed by atoms with Gasteiger partial charge in [0.2, 0.25) is 0 Å². The number of halogens is 1. The summed E-state index contributed by atoms with van der Waals surface area (Å²) in [6.45, 7) is 3.11. The molecule has 0 aliphatic carbocycles. The lowest BCUT2D eigenvalue weighted by molar-refractivity contribution is 0.526. The Balaban J connectivity index is 2.22. The third kappa shape index (κ3) is 2.57. The Bertz CT molecular complexity index is 327. The topological polar surface area (TPSA) is 12.0 Å². The zero-order chi connectivity index (χ0) is 10.7. The normalized spacial score (nSPS) is 22.4. The number of rotatable bonds is 1. The molecule has 2 heteroatoms. The molecule has 82 valence electrons. The Hall–Kier alpha value is -0.890. The van der Waals surface area contributed by atoms with Gasteiger partial charge in [-0.3, -0.25) is 0 Å². The van der Waals surface area contributed by atoms with Gasteiger partial charge in [-0.05, 0) is 49.6 Å². The van der Waals surface area contributed by atoms with Crippen molar-refractivity contribution in [1.82, 2.24) is 5.32 Å². The molecular weight excluding hydrogens is 189 g/mol. The van der Waals surface area contributed by atoms with Gasteiger partial charge in [0, 0.05) is 6.04 Å². The summed E-state index contributed by atoms with van der Waals surface area (Å²) in [4.78, 5) is 0. The van der Waals surface area contributed by atoms with E-state index in [9.17, 15) is 4.39 Å². The summed E-state index contributed by atoms with van der Waals surface area (Å²) in [5.74, 6) is -0.123. The number of hydrogen-bond donors (Lipinski definition) is 1. The Morgan fingerprint density at radius 3 is 3.00 bits per heavy atom. The molecule has 1 heterocycles. The third-order valence-corrected chi connectivity index (χ3v) is 3.18. The molecule has 1 aromatic carbocycles. The molecule has 15 heavy (non-hydrogen) atoms. The Kier molecular flexibility index (Phi) is 3.37. The summed E-state index contributed by atoms with van der Waals surface area (Å²) in [6, 6.07) is 5.44. The molecule has 2 rings (SSSR count). The van der Waals surface area contributed by atoms with Gasteiger partial charge in [0.05, 0.1) is 0 Å². The van der Waals surface area contributed by atoms with Crippen LogP contribution in [-0.2, 0) is 0 Å². The summed E-state index contributed by atoms with van der Waals surface area (Å²) >= 11 is 0. The van der Waals surface area contributed by atoms with E-state index in [0.717, 1.165) is 18.5 Å². The van der Waals surface area contributed by atoms with Crippen LogP contribution in [0.5, 0.6) is 0 Å². The van der Waals surface area contributed by atoms with Crippen molar-refractivity contribution in [2.75, 3.05) is 6.54 Å². The third-order valence-electron chi connectivity index (χ3n) is 3.18. The molecule has 1 unspecified atom stereocenters. The van der Waals surface area contributed by atoms with Crippen molar-refractivity contribution in [3.63, 3.8) is 0 Å². The average Bonchev–Trinajstić information content (AvgIpc) is 2.50. The van der Waals surface area contributed by atoms with Crippen molar-refractivity contribution in [2.45, 2.75) is 38.6 Å². The number of aryl methyl sites for hydroxylation is 1. The summed E-state index contributed by atoms with van der Waals surface area (Å²) < 4.78 is 13.2. The average molecular weight is 207 g/mol. The van der Waals surface area contributed by atoms with Gasteiger partial charge >= 0.3 is 0 Å². The predicted octanol–water partition coefficient (Wildman–Crippen LogP) is 3.34. The highest BCUT2D eigenvalue weighted by molar-refractivity contribution is 5.29. The van der Waals surface area contributed by atoms with Gasteiger partial charge < -0.3 is 5.32 Å². The van der Waals surface area contributed by atoms with E-state index >= 15 is 0 Å². The van der Waals surface area contributed by atoms with Gasteiger partial charge in [-0.2, -0.15) is 0 Å². The van der Waals surface area contributed by atoms with Crippen LogP contribution in [-0.4, -0.2) is 6.54 Å². The van der Waals surface area contributed by atoms with Crippen molar-refractivity contribution in [3.05, 3.63) is 35.1 Å². The first-order chi connectivity index (χ1) is 7.27. The fourth-order valence-corrected chi connectivity index (χ4v) is 2.28. The quantitative estimate of drug-likeness (QED) is 0.744. The molecule has 1 atom stereocenters. The Labute approximate surface area is 90.7 Å². The highest BCUT2D eigenvalue weighted by Crippen LogP contribution is 2.25. The second-order valence-electron chi connectivity index (χ2n) is 4.36. The van der Waals surface area contributed by atoms with Crippen molar-refractivity contribution in [1.29, 1.82) is 0 Å². The molecule has 1 aliphatic rings. The number of benzene rings is 1. The maximum atomic E-state index is 13.2. The molecule has 1 saturated heterocycles. The Morgan fingerprint density at radius 1 is 1.27 bits per heavy atom. The molecule has 0 spiro atoms. The highest BCUT2D eigenvalue weighted by atomic mass is 19.1. The van der Waals surface area contributed by atoms with Gasteiger partial charge in [-0.1, -0.05) is 18.9 Å². The van der Waals surface area contributed by atoms with Gasteiger partial charge in [-0.25, -0.2) is 4.39 Å². The highest BCUT2D eigenvalue weighted by Gasteiger charge is 2.15. The van der Waals surface area contributed by atoms with Gasteiger partial charge in [0.15, 0.2) is 0 Å². The molecular formula is C13H18FN. The zero-order valence-corrected chi connectivity index (χ0v) is 9.22. The molecule has 0 bridgehead atoms. The molecule has 0 amide bonds. The minimum Gasteiger partial charge on any atom is -0.310 e. The zero-order valence-electron chi connectivity index (χ0n) is 9.22. The molecule has 1 aromatic rings. The largest absolute Gasteiger partial charge is 0.310 e. The molecule has 0 radical (unpaired) electrons. The lowest BCUT2D eigenvalue weighted by atomic mass is 9.97. The van der Waals surface area contributed by atoms with Crippen molar-refractivity contribution >= 4 is 0 Å². The summed E-state index contributed by atoms with van der Waals surface area (Å²) in [7, 11) is 0.